The van der Waals surface area contributed by atoms with E-state index < -0.39 is 12.0 Å². The largest absolute Gasteiger partial charge is 0.494 e. The van der Waals surface area contributed by atoms with Gasteiger partial charge in [-0.2, -0.15) is 0 Å². The van der Waals surface area contributed by atoms with Crippen molar-refractivity contribution in [2.45, 2.75) is 32.7 Å². The molecule has 0 aliphatic carbocycles. The lowest BCUT2D eigenvalue weighted by Crippen LogP contribution is -2.16. The lowest BCUT2D eigenvalue weighted by molar-refractivity contribution is -0.137. The average molecular weight is 237 g/mol. The maximum Gasteiger partial charge on any atom is 0.305 e. The number of hydrogen-bond acceptors (Lipinski definition) is 3. The summed E-state index contributed by atoms with van der Waals surface area (Å²) in [7, 11) is 0. The third-order valence-electron chi connectivity index (χ3n) is 2.58. The summed E-state index contributed by atoms with van der Waals surface area (Å²) in [4.78, 5) is 10.7. The Morgan fingerprint density at radius 2 is 2.18 bits per heavy atom. The summed E-state index contributed by atoms with van der Waals surface area (Å²) in [6.45, 7) is 4.49. The van der Waals surface area contributed by atoms with Gasteiger partial charge in [-0.15, -0.1) is 0 Å². The Kier molecular flexibility index (Phi) is 4.97. The van der Waals surface area contributed by atoms with Crippen molar-refractivity contribution in [1.29, 1.82) is 0 Å². The highest BCUT2D eigenvalue weighted by Crippen LogP contribution is 2.27. The zero-order chi connectivity index (χ0) is 12.8. The summed E-state index contributed by atoms with van der Waals surface area (Å²) in [5.41, 5.74) is 7.77. The van der Waals surface area contributed by atoms with Gasteiger partial charge in [0.25, 0.3) is 0 Å². The van der Waals surface area contributed by atoms with E-state index in [1.807, 2.05) is 25.1 Å². The van der Waals surface area contributed by atoms with Gasteiger partial charge in [0.05, 0.1) is 13.0 Å². The molecule has 0 aliphatic rings. The molecule has 4 nitrogen and oxygen atoms in total. The second kappa shape index (κ2) is 6.25. The molecule has 0 saturated carbocycles. The maximum atomic E-state index is 10.7. The van der Waals surface area contributed by atoms with E-state index in [9.17, 15) is 4.79 Å². The van der Waals surface area contributed by atoms with Crippen LogP contribution in [0.25, 0.3) is 0 Å². The van der Waals surface area contributed by atoms with Crippen molar-refractivity contribution in [3.8, 4) is 5.75 Å². The van der Waals surface area contributed by atoms with Crippen LogP contribution in [-0.2, 0) is 11.2 Å². The summed E-state index contributed by atoms with van der Waals surface area (Å²) >= 11 is 0. The Morgan fingerprint density at radius 1 is 1.47 bits per heavy atom. The number of aryl methyl sites for hydroxylation is 1. The Hall–Kier alpha value is -1.55. The number of nitrogens with two attached hydrogens (primary N) is 1. The minimum absolute atomic E-state index is 0.0917. The van der Waals surface area contributed by atoms with Crippen LogP contribution in [0.2, 0.25) is 0 Å². The molecule has 3 N–H and O–H groups in total. The van der Waals surface area contributed by atoms with Gasteiger partial charge in [-0.25, -0.2) is 0 Å². The highest BCUT2D eigenvalue weighted by Gasteiger charge is 2.15. The number of ether oxygens (including phenoxy) is 1. The van der Waals surface area contributed by atoms with Gasteiger partial charge in [0.1, 0.15) is 5.75 Å². The zero-order valence-corrected chi connectivity index (χ0v) is 10.3. The van der Waals surface area contributed by atoms with Crippen LogP contribution < -0.4 is 10.5 Å². The number of carboxylic acids is 1. The molecule has 0 aromatic heterocycles. The predicted octanol–water partition coefficient (Wildman–Crippen LogP) is 2.12. The fraction of sp³-hybridized carbons (Fsp3) is 0.462. The number of rotatable bonds is 6. The van der Waals surface area contributed by atoms with Gasteiger partial charge in [0.2, 0.25) is 0 Å². The third kappa shape index (κ3) is 3.75. The van der Waals surface area contributed by atoms with Crippen LogP contribution in [0.4, 0.5) is 0 Å². The summed E-state index contributed by atoms with van der Waals surface area (Å²) in [5.74, 6) is -0.208. The van der Waals surface area contributed by atoms with Crippen molar-refractivity contribution >= 4 is 5.97 Å². The second-order valence-corrected chi connectivity index (χ2v) is 3.86. The van der Waals surface area contributed by atoms with Gasteiger partial charge in [-0.05, 0) is 25.0 Å². The molecule has 1 unspecified atom stereocenters. The van der Waals surface area contributed by atoms with E-state index >= 15 is 0 Å². The minimum atomic E-state index is -0.903. The van der Waals surface area contributed by atoms with Crippen molar-refractivity contribution in [2.75, 3.05) is 6.61 Å². The number of carboxylic acid groups (broad SMARTS) is 1. The van der Waals surface area contributed by atoms with Gasteiger partial charge in [0.15, 0.2) is 0 Å². The molecule has 0 heterocycles. The van der Waals surface area contributed by atoms with Gasteiger partial charge in [-0.1, -0.05) is 19.1 Å². The van der Waals surface area contributed by atoms with Gasteiger partial charge < -0.3 is 15.6 Å². The highest BCUT2D eigenvalue weighted by atomic mass is 16.5. The number of carbonyl (C=O) groups is 1. The van der Waals surface area contributed by atoms with Crippen molar-refractivity contribution in [3.05, 3.63) is 29.3 Å². The van der Waals surface area contributed by atoms with E-state index in [-0.39, 0.29) is 6.42 Å². The Labute approximate surface area is 101 Å². The molecule has 1 aromatic carbocycles. The first-order valence-electron chi connectivity index (χ1n) is 5.81. The summed E-state index contributed by atoms with van der Waals surface area (Å²) in [6.07, 6.45) is 0.820. The van der Waals surface area contributed by atoms with Crippen LogP contribution in [0, 0.1) is 0 Å². The molecule has 0 spiro atoms. The van der Waals surface area contributed by atoms with Crippen molar-refractivity contribution in [2.24, 2.45) is 5.73 Å². The van der Waals surface area contributed by atoms with Crippen LogP contribution >= 0.6 is 0 Å². The van der Waals surface area contributed by atoms with Gasteiger partial charge >= 0.3 is 5.97 Å². The molecular weight excluding hydrogens is 218 g/mol. The van der Waals surface area contributed by atoms with Crippen LogP contribution in [0.1, 0.15) is 37.4 Å². The molecule has 0 bridgehead atoms. The Morgan fingerprint density at radius 3 is 2.71 bits per heavy atom. The SMILES string of the molecule is CCOc1cc(CC)ccc1C(N)CC(=O)O. The standard InChI is InChI=1S/C13H19NO3/c1-3-9-5-6-10(11(14)8-13(15)16)12(7-9)17-4-2/h5-7,11H,3-4,8,14H2,1-2H3,(H,15,16). The molecular formula is C13H19NO3. The van der Waals surface area contributed by atoms with E-state index in [1.54, 1.807) is 0 Å². The van der Waals surface area contributed by atoms with Crippen LogP contribution in [-0.4, -0.2) is 17.7 Å². The molecule has 1 atom stereocenters. The summed E-state index contributed by atoms with van der Waals surface area (Å²) in [6, 6.07) is 5.22. The Balaban J connectivity index is 3.00. The quantitative estimate of drug-likeness (QED) is 0.795. The number of benzene rings is 1. The molecule has 0 fully saturated rings. The first-order valence-corrected chi connectivity index (χ1v) is 5.81. The fourth-order valence-electron chi connectivity index (χ4n) is 1.68. The zero-order valence-electron chi connectivity index (χ0n) is 10.3. The average Bonchev–Trinajstić information content (AvgIpc) is 2.28. The molecule has 17 heavy (non-hydrogen) atoms. The van der Waals surface area contributed by atoms with Crippen LogP contribution in [0.3, 0.4) is 0 Å². The minimum Gasteiger partial charge on any atom is -0.494 e. The van der Waals surface area contributed by atoms with Gasteiger partial charge in [-0.3, -0.25) is 4.79 Å². The fourth-order valence-corrected chi connectivity index (χ4v) is 1.68. The lowest BCUT2D eigenvalue weighted by Gasteiger charge is -2.16. The first-order chi connectivity index (χ1) is 8.08. The molecule has 0 radical (unpaired) electrons. The van der Waals surface area contributed by atoms with Crippen LogP contribution in [0.15, 0.2) is 18.2 Å². The van der Waals surface area contributed by atoms with E-state index in [0.717, 1.165) is 17.5 Å². The molecule has 0 aliphatic heterocycles. The smallest absolute Gasteiger partial charge is 0.305 e. The van der Waals surface area contributed by atoms with E-state index in [4.69, 9.17) is 15.6 Å². The van der Waals surface area contributed by atoms with Gasteiger partial charge in [0, 0.05) is 11.6 Å². The van der Waals surface area contributed by atoms with Crippen LogP contribution in [0.5, 0.6) is 5.75 Å². The van der Waals surface area contributed by atoms with Crippen molar-refractivity contribution in [3.63, 3.8) is 0 Å². The lowest BCUT2D eigenvalue weighted by atomic mass is 10.0. The van der Waals surface area contributed by atoms with Crippen molar-refractivity contribution < 1.29 is 14.6 Å². The number of hydrogen-bond donors (Lipinski definition) is 2. The molecule has 0 amide bonds. The Bertz CT molecular complexity index is 390. The summed E-state index contributed by atoms with van der Waals surface area (Å²) < 4.78 is 5.51. The second-order valence-electron chi connectivity index (χ2n) is 3.86. The van der Waals surface area contributed by atoms with E-state index in [0.29, 0.717) is 12.4 Å². The molecule has 0 saturated heterocycles. The number of aliphatic carboxylic acids is 1. The molecule has 1 rings (SSSR count). The first kappa shape index (κ1) is 13.5. The topological polar surface area (TPSA) is 72.5 Å². The van der Waals surface area contributed by atoms with E-state index in [1.165, 1.54) is 0 Å². The molecule has 4 heteroatoms. The normalized spacial score (nSPS) is 12.2. The van der Waals surface area contributed by atoms with E-state index in [2.05, 4.69) is 6.92 Å². The van der Waals surface area contributed by atoms with Crippen molar-refractivity contribution in [1.82, 2.24) is 0 Å². The predicted molar refractivity (Wildman–Crippen MR) is 66.2 cm³/mol. The molecule has 1 aromatic rings. The highest BCUT2D eigenvalue weighted by molar-refractivity contribution is 5.68. The molecule has 94 valence electrons. The monoisotopic (exact) mass is 237 g/mol. The summed E-state index contributed by atoms with van der Waals surface area (Å²) in [5, 5.41) is 8.75. The third-order valence-corrected chi connectivity index (χ3v) is 2.58. The maximum absolute atomic E-state index is 10.7.